The van der Waals surface area contributed by atoms with Crippen molar-refractivity contribution in [2.75, 3.05) is 7.11 Å². The third kappa shape index (κ3) is 2.86. The topological polar surface area (TPSA) is 43.4 Å². The van der Waals surface area contributed by atoms with Crippen molar-refractivity contribution in [3.05, 3.63) is 23.3 Å². The number of hydrogen-bond acceptors (Lipinski definition) is 3. The number of ether oxygens (including phenoxy) is 1. The predicted molar refractivity (Wildman–Crippen MR) is 50.2 cm³/mol. The van der Waals surface area contributed by atoms with E-state index in [0.717, 1.165) is 0 Å². The van der Waals surface area contributed by atoms with Gasteiger partial charge in [-0.15, -0.1) is 0 Å². The van der Waals surface area contributed by atoms with Crippen LogP contribution in [0.5, 0.6) is 0 Å². The average molecular weight is 182 g/mol. The second-order valence-corrected chi connectivity index (χ2v) is 2.85. The van der Waals surface area contributed by atoms with Crippen molar-refractivity contribution < 1.29 is 14.3 Å². The fourth-order valence-electron chi connectivity index (χ4n) is 0.797. The van der Waals surface area contributed by atoms with Crippen molar-refractivity contribution in [3.8, 4) is 0 Å². The summed E-state index contributed by atoms with van der Waals surface area (Å²) >= 11 is 0. The second-order valence-electron chi connectivity index (χ2n) is 2.85. The molecular formula is C10H14O3. The smallest absolute Gasteiger partial charge is 0.333 e. The zero-order chi connectivity index (χ0) is 10.6. The van der Waals surface area contributed by atoms with E-state index in [1.54, 1.807) is 20.8 Å². The molecule has 3 heteroatoms. The van der Waals surface area contributed by atoms with Gasteiger partial charge in [0, 0.05) is 11.1 Å². The van der Waals surface area contributed by atoms with E-state index in [0.29, 0.717) is 16.7 Å². The molecule has 0 aromatic carbocycles. The zero-order valence-corrected chi connectivity index (χ0v) is 8.43. The van der Waals surface area contributed by atoms with E-state index >= 15 is 0 Å². The Hall–Kier alpha value is -1.38. The van der Waals surface area contributed by atoms with Crippen molar-refractivity contribution >= 4 is 11.8 Å². The molecule has 0 amide bonds. The van der Waals surface area contributed by atoms with Crippen LogP contribution in [0, 0.1) is 0 Å². The largest absolute Gasteiger partial charge is 0.466 e. The van der Waals surface area contributed by atoms with Gasteiger partial charge in [0.1, 0.15) is 0 Å². The summed E-state index contributed by atoms with van der Waals surface area (Å²) in [5.41, 5.74) is 1.13. The van der Waals surface area contributed by atoms with Crippen molar-refractivity contribution in [1.82, 2.24) is 0 Å². The molecule has 0 aromatic rings. The Morgan fingerprint density at radius 2 is 1.54 bits per heavy atom. The maximum atomic E-state index is 11.3. The highest BCUT2D eigenvalue weighted by Gasteiger charge is 2.13. The third-order valence-corrected chi connectivity index (χ3v) is 1.78. The summed E-state index contributed by atoms with van der Waals surface area (Å²) in [6.07, 6.45) is 0. The van der Waals surface area contributed by atoms with Crippen LogP contribution < -0.4 is 0 Å². The van der Waals surface area contributed by atoms with Gasteiger partial charge in [-0.3, -0.25) is 4.79 Å². The minimum Gasteiger partial charge on any atom is -0.466 e. The molecule has 0 aliphatic rings. The number of carbonyl (C=O) groups excluding carboxylic acids is 2. The van der Waals surface area contributed by atoms with Crippen LogP contribution >= 0.6 is 0 Å². The molecule has 0 fully saturated rings. The Balaban J connectivity index is 4.92. The Kier molecular flexibility index (Phi) is 4.11. The number of hydrogen-bond donors (Lipinski definition) is 0. The highest BCUT2D eigenvalue weighted by molar-refractivity contribution is 6.11. The van der Waals surface area contributed by atoms with E-state index < -0.39 is 5.97 Å². The van der Waals surface area contributed by atoms with Gasteiger partial charge >= 0.3 is 5.97 Å². The van der Waals surface area contributed by atoms with Crippen molar-refractivity contribution in [2.24, 2.45) is 0 Å². The molecule has 13 heavy (non-hydrogen) atoms. The number of Topliss-reactive ketones (excluding diaryl/α,β-unsaturated/α-hetero) is 1. The molecule has 0 bridgehead atoms. The van der Waals surface area contributed by atoms with E-state index in [9.17, 15) is 9.59 Å². The zero-order valence-electron chi connectivity index (χ0n) is 8.43. The van der Waals surface area contributed by atoms with Crippen LogP contribution in [0.3, 0.4) is 0 Å². The van der Waals surface area contributed by atoms with Gasteiger partial charge in [0.25, 0.3) is 0 Å². The van der Waals surface area contributed by atoms with Crippen LogP contribution in [0.15, 0.2) is 23.3 Å². The molecule has 0 saturated carbocycles. The van der Waals surface area contributed by atoms with Gasteiger partial charge in [0.15, 0.2) is 5.78 Å². The number of esters is 1. The monoisotopic (exact) mass is 182 g/mol. The van der Waals surface area contributed by atoms with Gasteiger partial charge in [0.2, 0.25) is 0 Å². The maximum absolute atomic E-state index is 11.3. The van der Waals surface area contributed by atoms with Gasteiger partial charge in [-0.05, 0) is 26.3 Å². The lowest BCUT2D eigenvalue weighted by molar-refractivity contribution is -0.136. The molecule has 3 nitrogen and oxygen atoms in total. The lowest BCUT2D eigenvalue weighted by Crippen LogP contribution is -2.10. The molecule has 0 aromatic heterocycles. The average Bonchev–Trinajstić information content (AvgIpc) is 2.12. The Labute approximate surface area is 78.1 Å². The SMILES string of the molecule is C=C(C)C(=O)C(C)=C(C)C(=O)OC. The second kappa shape index (κ2) is 4.60. The Morgan fingerprint density at radius 1 is 1.08 bits per heavy atom. The van der Waals surface area contributed by atoms with Crippen LogP contribution in [-0.4, -0.2) is 18.9 Å². The van der Waals surface area contributed by atoms with Crippen LogP contribution in [0.2, 0.25) is 0 Å². The van der Waals surface area contributed by atoms with Gasteiger partial charge in [-0.1, -0.05) is 6.58 Å². The lowest BCUT2D eigenvalue weighted by Gasteiger charge is -2.04. The number of rotatable bonds is 3. The minimum atomic E-state index is -0.480. The molecular weight excluding hydrogens is 168 g/mol. The maximum Gasteiger partial charge on any atom is 0.333 e. The number of allylic oxidation sites excluding steroid dienone is 2. The molecule has 0 aliphatic carbocycles. The van der Waals surface area contributed by atoms with Gasteiger partial charge < -0.3 is 4.74 Å². The van der Waals surface area contributed by atoms with Crippen molar-refractivity contribution in [1.29, 1.82) is 0 Å². The van der Waals surface area contributed by atoms with Gasteiger partial charge in [0.05, 0.1) is 7.11 Å². The molecule has 0 rings (SSSR count). The first kappa shape index (κ1) is 11.6. The normalized spacial score (nSPS) is 11.7. The summed E-state index contributed by atoms with van der Waals surface area (Å²) in [7, 11) is 1.28. The predicted octanol–water partition coefficient (Wildman–Crippen LogP) is 1.64. The first-order chi connectivity index (χ1) is 5.91. The molecule has 0 spiro atoms. The highest BCUT2D eigenvalue weighted by Crippen LogP contribution is 2.10. The fourth-order valence-corrected chi connectivity index (χ4v) is 0.797. The van der Waals surface area contributed by atoms with E-state index in [2.05, 4.69) is 11.3 Å². The van der Waals surface area contributed by atoms with Gasteiger partial charge in [-0.2, -0.15) is 0 Å². The number of methoxy groups -OCH3 is 1. The standard InChI is InChI=1S/C10H14O3/c1-6(2)9(11)7(3)8(4)10(12)13-5/h1H2,2-5H3. The summed E-state index contributed by atoms with van der Waals surface area (Å²) in [5, 5.41) is 0. The van der Waals surface area contributed by atoms with Crippen molar-refractivity contribution in [2.45, 2.75) is 20.8 Å². The molecule has 0 aliphatic heterocycles. The van der Waals surface area contributed by atoms with Crippen LogP contribution in [0.25, 0.3) is 0 Å². The molecule has 0 unspecified atom stereocenters. The highest BCUT2D eigenvalue weighted by atomic mass is 16.5. The summed E-state index contributed by atoms with van der Waals surface area (Å²) < 4.78 is 4.48. The fraction of sp³-hybridized carbons (Fsp3) is 0.400. The van der Waals surface area contributed by atoms with E-state index in [1.165, 1.54) is 7.11 Å². The minimum absolute atomic E-state index is 0.206. The molecule has 0 saturated heterocycles. The quantitative estimate of drug-likeness (QED) is 0.492. The summed E-state index contributed by atoms with van der Waals surface area (Å²) in [5.74, 6) is -0.685. The third-order valence-electron chi connectivity index (χ3n) is 1.78. The van der Waals surface area contributed by atoms with Gasteiger partial charge in [-0.25, -0.2) is 4.79 Å². The molecule has 0 atom stereocenters. The molecule has 0 heterocycles. The van der Waals surface area contributed by atoms with E-state index in [1.807, 2.05) is 0 Å². The summed E-state index contributed by atoms with van der Waals surface area (Å²) in [4.78, 5) is 22.4. The number of carbonyl (C=O) groups is 2. The van der Waals surface area contributed by atoms with E-state index in [4.69, 9.17) is 0 Å². The first-order valence-corrected chi connectivity index (χ1v) is 3.87. The van der Waals surface area contributed by atoms with Crippen LogP contribution in [-0.2, 0) is 14.3 Å². The molecule has 0 N–H and O–H groups in total. The Bertz CT molecular complexity index is 285. The van der Waals surface area contributed by atoms with Crippen LogP contribution in [0.1, 0.15) is 20.8 Å². The number of ketones is 1. The molecule has 0 radical (unpaired) electrons. The summed E-state index contributed by atoms with van der Waals surface area (Å²) in [6.45, 7) is 8.26. The van der Waals surface area contributed by atoms with E-state index in [-0.39, 0.29) is 5.78 Å². The Morgan fingerprint density at radius 3 is 1.85 bits per heavy atom. The van der Waals surface area contributed by atoms with Crippen molar-refractivity contribution in [3.63, 3.8) is 0 Å². The summed E-state index contributed by atoms with van der Waals surface area (Å²) in [6, 6.07) is 0. The van der Waals surface area contributed by atoms with Crippen LogP contribution in [0.4, 0.5) is 0 Å². The molecule has 72 valence electrons. The first-order valence-electron chi connectivity index (χ1n) is 3.87. The lowest BCUT2D eigenvalue weighted by atomic mass is 10.0.